The zero-order chi connectivity index (χ0) is 12.4. The molecule has 0 saturated heterocycles. The van der Waals surface area contributed by atoms with Gasteiger partial charge in [-0.15, -0.1) is 6.42 Å². The summed E-state index contributed by atoms with van der Waals surface area (Å²) >= 11 is 0. The second kappa shape index (κ2) is 4.30. The van der Waals surface area contributed by atoms with Gasteiger partial charge in [-0.05, 0) is 18.6 Å². The zero-order valence-corrected chi connectivity index (χ0v) is 9.44. The van der Waals surface area contributed by atoms with Crippen LogP contribution >= 0.6 is 0 Å². The number of rotatable bonds is 2. The molecule has 0 radical (unpaired) electrons. The molecular formula is C13H12FN3. The molecule has 4 heteroatoms. The molecule has 0 aliphatic heterocycles. The molecule has 2 rings (SSSR count). The van der Waals surface area contributed by atoms with E-state index in [-0.39, 0.29) is 5.82 Å². The smallest absolute Gasteiger partial charge is 0.132 e. The van der Waals surface area contributed by atoms with Gasteiger partial charge in [-0.2, -0.15) is 0 Å². The van der Waals surface area contributed by atoms with Crippen molar-refractivity contribution in [1.82, 2.24) is 9.55 Å². The van der Waals surface area contributed by atoms with Crippen LogP contribution < -0.4 is 5.73 Å². The first-order valence-corrected chi connectivity index (χ1v) is 5.14. The third-order valence-electron chi connectivity index (χ3n) is 2.59. The van der Waals surface area contributed by atoms with Crippen LogP contribution in [-0.4, -0.2) is 9.55 Å². The van der Waals surface area contributed by atoms with Crippen molar-refractivity contribution in [3.8, 4) is 23.6 Å². The highest BCUT2D eigenvalue weighted by atomic mass is 19.1. The van der Waals surface area contributed by atoms with Gasteiger partial charge in [-0.25, -0.2) is 9.37 Å². The van der Waals surface area contributed by atoms with E-state index in [0.29, 0.717) is 29.2 Å². The van der Waals surface area contributed by atoms with Crippen LogP contribution in [0.5, 0.6) is 0 Å². The normalized spacial score (nSPS) is 10.2. The van der Waals surface area contributed by atoms with Crippen molar-refractivity contribution in [3.05, 3.63) is 35.9 Å². The third-order valence-corrected chi connectivity index (χ3v) is 2.59. The van der Waals surface area contributed by atoms with Gasteiger partial charge in [0.2, 0.25) is 0 Å². The Hall–Kier alpha value is -2.28. The molecule has 0 saturated carbocycles. The average Bonchev–Trinajstić information content (AvgIpc) is 2.66. The van der Waals surface area contributed by atoms with Crippen LogP contribution in [0.25, 0.3) is 11.3 Å². The van der Waals surface area contributed by atoms with E-state index in [1.807, 2.05) is 0 Å². The largest absolute Gasteiger partial charge is 0.383 e. The molecule has 86 valence electrons. The lowest BCUT2D eigenvalue weighted by Gasteiger charge is -2.03. The number of terminal acetylenes is 1. The van der Waals surface area contributed by atoms with E-state index < -0.39 is 0 Å². The van der Waals surface area contributed by atoms with Crippen LogP contribution in [0.2, 0.25) is 0 Å². The lowest BCUT2D eigenvalue weighted by atomic mass is 10.1. The minimum Gasteiger partial charge on any atom is -0.383 e. The number of hydrogen-bond donors (Lipinski definition) is 1. The van der Waals surface area contributed by atoms with Crippen LogP contribution in [0.4, 0.5) is 10.2 Å². The van der Waals surface area contributed by atoms with Crippen LogP contribution in [-0.2, 0) is 6.54 Å². The Bertz CT molecular complexity index is 593. The van der Waals surface area contributed by atoms with E-state index in [9.17, 15) is 4.39 Å². The minimum atomic E-state index is -0.270. The predicted octanol–water partition coefficient (Wildman–Crippen LogP) is 2.21. The maximum Gasteiger partial charge on any atom is 0.132 e. The monoisotopic (exact) mass is 229 g/mol. The van der Waals surface area contributed by atoms with Crippen LogP contribution in [0.15, 0.2) is 24.5 Å². The standard InChI is InChI=1S/C13H12FN3/c1-3-6-17-8-16-12(13(17)15)10-5-4-9(2)11(14)7-10/h1,4-5,7-8H,6,15H2,2H3. The molecule has 1 heterocycles. The first-order chi connectivity index (χ1) is 8.13. The molecule has 2 N–H and O–H groups in total. The number of imidazole rings is 1. The van der Waals surface area contributed by atoms with Gasteiger partial charge in [0, 0.05) is 5.56 Å². The van der Waals surface area contributed by atoms with Gasteiger partial charge in [-0.1, -0.05) is 18.1 Å². The maximum absolute atomic E-state index is 13.4. The summed E-state index contributed by atoms with van der Waals surface area (Å²) in [7, 11) is 0. The fourth-order valence-electron chi connectivity index (χ4n) is 1.58. The predicted molar refractivity (Wildman–Crippen MR) is 65.6 cm³/mol. The maximum atomic E-state index is 13.4. The minimum absolute atomic E-state index is 0.270. The van der Waals surface area contributed by atoms with Crippen molar-refractivity contribution in [2.45, 2.75) is 13.5 Å². The van der Waals surface area contributed by atoms with E-state index in [4.69, 9.17) is 12.2 Å². The molecule has 1 aromatic carbocycles. The van der Waals surface area contributed by atoms with Crippen LogP contribution in [0.1, 0.15) is 5.56 Å². The highest BCUT2D eigenvalue weighted by Crippen LogP contribution is 2.25. The van der Waals surface area contributed by atoms with Gasteiger partial charge in [0.05, 0.1) is 12.9 Å². The molecule has 0 unspecified atom stereocenters. The molecule has 1 aromatic heterocycles. The number of aromatic nitrogens is 2. The Morgan fingerprint density at radius 3 is 2.94 bits per heavy atom. The van der Waals surface area contributed by atoms with Crippen molar-refractivity contribution >= 4 is 5.82 Å². The molecule has 0 amide bonds. The molecule has 0 atom stereocenters. The van der Waals surface area contributed by atoms with Crippen molar-refractivity contribution < 1.29 is 4.39 Å². The summed E-state index contributed by atoms with van der Waals surface area (Å²) < 4.78 is 15.1. The molecule has 0 bridgehead atoms. The summed E-state index contributed by atoms with van der Waals surface area (Å²) in [6.07, 6.45) is 6.77. The van der Waals surface area contributed by atoms with Gasteiger partial charge in [0.25, 0.3) is 0 Å². The highest BCUT2D eigenvalue weighted by Gasteiger charge is 2.10. The van der Waals surface area contributed by atoms with E-state index in [1.54, 1.807) is 30.0 Å². The van der Waals surface area contributed by atoms with E-state index in [2.05, 4.69) is 10.9 Å². The number of halogens is 1. The van der Waals surface area contributed by atoms with Crippen LogP contribution in [0, 0.1) is 25.1 Å². The Morgan fingerprint density at radius 1 is 1.53 bits per heavy atom. The van der Waals surface area contributed by atoms with Gasteiger partial charge in [-0.3, -0.25) is 0 Å². The summed E-state index contributed by atoms with van der Waals surface area (Å²) in [6.45, 7) is 2.06. The number of nitrogens with zero attached hydrogens (tertiary/aromatic N) is 2. The van der Waals surface area contributed by atoms with E-state index in [1.165, 1.54) is 6.07 Å². The first kappa shape index (κ1) is 11.2. The average molecular weight is 229 g/mol. The topological polar surface area (TPSA) is 43.8 Å². The lowest BCUT2D eigenvalue weighted by Crippen LogP contribution is -2.00. The molecule has 0 aliphatic carbocycles. The Kier molecular flexibility index (Phi) is 2.84. The Balaban J connectivity index is 2.47. The number of hydrogen-bond acceptors (Lipinski definition) is 2. The fraction of sp³-hybridized carbons (Fsp3) is 0.154. The van der Waals surface area contributed by atoms with Crippen LogP contribution in [0.3, 0.4) is 0 Å². The third kappa shape index (κ3) is 2.00. The molecule has 3 nitrogen and oxygen atoms in total. The first-order valence-electron chi connectivity index (χ1n) is 5.14. The molecule has 0 spiro atoms. The summed E-state index contributed by atoms with van der Waals surface area (Å²) in [5.41, 5.74) is 7.69. The molecular weight excluding hydrogens is 217 g/mol. The molecule has 0 aliphatic rings. The van der Waals surface area contributed by atoms with Crippen molar-refractivity contribution in [2.75, 3.05) is 5.73 Å². The van der Waals surface area contributed by atoms with Crippen molar-refractivity contribution in [1.29, 1.82) is 0 Å². The number of anilines is 1. The van der Waals surface area contributed by atoms with E-state index >= 15 is 0 Å². The number of nitrogens with two attached hydrogens (primary N) is 1. The molecule has 17 heavy (non-hydrogen) atoms. The Morgan fingerprint density at radius 2 is 2.29 bits per heavy atom. The van der Waals surface area contributed by atoms with Gasteiger partial charge in [0.1, 0.15) is 17.3 Å². The second-order valence-electron chi connectivity index (χ2n) is 3.77. The number of benzene rings is 1. The lowest BCUT2D eigenvalue weighted by molar-refractivity contribution is 0.619. The molecule has 0 fully saturated rings. The highest BCUT2D eigenvalue weighted by molar-refractivity contribution is 5.70. The number of aryl methyl sites for hydroxylation is 1. The summed E-state index contributed by atoms with van der Waals surface area (Å²) in [5.74, 6) is 2.66. The fourth-order valence-corrected chi connectivity index (χ4v) is 1.58. The van der Waals surface area contributed by atoms with E-state index in [0.717, 1.165) is 0 Å². The van der Waals surface area contributed by atoms with Crippen molar-refractivity contribution in [2.24, 2.45) is 0 Å². The summed E-state index contributed by atoms with van der Waals surface area (Å²) in [5, 5.41) is 0. The van der Waals surface area contributed by atoms with Crippen molar-refractivity contribution in [3.63, 3.8) is 0 Å². The van der Waals surface area contributed by atoms with Gasteiger partial charge in [0.15, 0.2) is 0 Å². The zero-order valence-electron chi connectivity index (χ0n) is 9.44. The quantitative estimate of drug-likeness (QED) is 0.802. The SMILES string of the molecule is C#CCn1cnc(-c2ccc(C)c(F)c2)c1N. The van der Waals surface area contributed by atoms with Gasteiger partial charge >= 0.3 is 0 Å². The number of nitrogen functional groups attached to an aromatic ring is 1. The second-order valence-corrected chi connectivity index (χ2v) is 3.77. The van der Waals surface area contributed by atoms with Gasteiger partial charge < -0.3 is 10.3 Å². The summed E-state index contributed by atoms with van der Waals surface area (Å²) in [4.78, 5) is 4.15. The molecule has 2 aromatic rings. The summed E-state index contributed by atoms with van der Waals surface area (Å²) in [6, 6.07) is 4.91. The Labute approximate surface area is 99.1 Å².